The predicted molar refractivity (Wildman–Crippen MR) is 68.5 cm³/mol. The normalized spacial score (nSPS) is 10.1. The number of nitrogens with zero attached hydrogens (tertiary/aromatic N) is 2. The maximum Gasteiger partial charge on any atom is 0.270 e. The van der Waals surface area contributed by atoms with Crippen LogP contribution in [0.3, 0.4) is 0 Å². The number of non-ortho nitro benzene ring substituents is 1. The zero-order valence-corrected chi connectivity index (χ0v) is 10.2. The molecule has 0 atom stereocenters. The number of hydrogen-bond acceptors (Lipinski definition) is 4. The molecule has 0 unspecified atom stereocenters. The first kappa shape index (κ1) is 13.6. The summed E-state index contributed by atoms with van der Waals surface area (Å²) in [7, 11) is 0. The molecule has 0 aliphatic carbocycles. The monoisotopic (exact) mass is 275 g/mol. The Labute approximate surface area is 113 Å². The molecule has 1 N–H and O–H groups in total. The standard InChI is InChI=1S/C13H10FN3O3/c14-12-2-1-10(17(19)20)7-11(12)13(18)16-8-9-3-5-15-6-4-9/h1-7H,8H2,(H,16,18). The first-order valence-corrected chi connectivity index (χ1v) is 5.69. The van der Waals surface area contributed by atoms with Gasteiger partial charge in [-0.05, 0) is 23.8 Å². The smallest absolute Gasteiger partial charge is 0.270 e. The van der Waals surface area contributed by atoms with E-state index in [0.29, 0.717) is 0 Å². The maximum absolute atomic E-state index is 13.5. The van der Waals surface area contributed by atoms with Crippen LogP contribution in [0.4, 0.5) is 10.1 Å². The third-order valence-corrected chi connectivity index (χ3v) is 2.61. The molecule has 0 aliphatic rings. The van der Waals surface area contributed by atoms with Gasteiger partial charge in [0, 0.05) is 31.1 Å². The van der Waals surface area contributed by atoms with Crippen molar-refractivity contribution in [1.29, 1.82) is 0 Å². The highest BCUT2D eigenvalue weighted by molar-refractivity contribution is 5.95. The first-order chi connectivity index (χ1) is 9.58. The minimum Gasteiger partial charge on any atom is -0.348 e. The van der Waals surface area contributed by atoms with Crippen LogP contribution in [0.2, 0.25) is 0 Å². The van der Waals surface area contributed by atoms with E-state index in [1.807, 2.05) is 0 Å². The van der Waals surface area contributed by atoms with Gasteiger partial charge in [0.1, 0.15) is 5.82 Å². The highest BCUT2D eigenvalue weighted by atomic mass is 19.1. The largest absolute Gasteiger partial charge is 0.348 e. The summed E-state index contributed by atoms with van der Waals surface area (Å²) in [6.07, 6.45) is 3.13. The van der Waals surface area contributed by atoms with Gasteiger partial charge in [-0.15, -0.1) is 0 Å². The number of amides is 1. The van der Waals surface area contributed by atoms with Gasteiger partial charge in [-0.1, -0.05) is 0 Å². The molecule has 1 aromatic carbocycles. The second-order valence-corrected chi connectivity index (χ2v) is 3.96. The quantitative estimate of drug-likeness (QED) is 0.683. The van der Waals surface area contributed by atoms with Crippen LogP contribution in [0.5, 0.6) is 0 Å². The number of hydrogen-bond donors (Lipinski definition) is 1. The van der Waals surface area contributed by atoms with Gasteiger partial charge < -0.3 is 5.32 Å². The van der Waals surface area contributed by atoms with E-state index in [1.165, 1.54) is 0 Å². The molecular weight excluding hydrogens is 265 g/mol. The van der Waals surface area contributed by atoms with Gasteiger partial charge in [0.15, 0.2) is 0 Å². The maximum atomic E-state index is 13.5. The Balaban J connectivity index is 2.13. The van der Waals surface area contributed by atoms with Gasteiger partial charge >= 0.3 is 0 Å². The Morgan fingerprint density at radius 3 is 2.65 bits per heavy atom. The first-order valence-electron chi connectivity index (χ1n) is 5.69. The van der Waals surface area contributed by atoms with E-state index in [0.717, 1.165) is 23.8 Å². The number of nitro groups is 1. The molecule has 6 nitrogen and oxygen atoms in total. The number of benzene rings is 1. The molecule has 2 aromatic rings. The van der Waals surface area contributed by atoms with Crippen LogP contribution in [0.1, 0.15) is 15.9 Å². The zero-order valence-electron chi connectivity index (χ0n) is 10.2. The Hall–Kier alpha value is -2.83. The summed E-state index contributed by atoms with van der Waals surface area (Å²) in [5.74, 6) is -1.51. The van der Waals surface area contributed by atoms with Gasteiger partial charge in [0.25, 0.3) is 11.6 Å². The minimum atomic E-state index is -0.803. The van der Waals surface area contributed by atoms with Crippen LogP contribution in [-0.2, 0) is 6.54 Å². The van der Waals surface area contributed by atoms with Gasteiger partial charge in [-0.3, -0.25) is 19.9 Å². The van der Waals surface area contributed by atoms with Gasteiger partial charge in [-0.2, -0.15) is 0 Å². The summed E-state index contributed by atoms with van der Waals surface area (Å²) in [5, 5.41) is 13.1. The van der Waals surface area contributed by atoms with Crippen molar-refractivity contribution in [3.8, 4) is 0 Å². The lowest BCUT2D eigenvalue weighted by atomic mass is 10.1. The second-order valence-electron chi connectivity index (χ2n) is 3.96. The number of nitrogens with one attached hydrogen (secondary N) is 1. The lowest BCUT2D eigenvalue weighted by molar-refractivity contribution is -0.384. The molecule has 1 amide bonds. The third-order valence-electron chi connectivity index (χ3n) is 2.61. The van der Waals surface area contributed by atoms with E-state index in [4.69, 9.17) is 0 Å². The number of carbonyl (C=O) groups excluding carboxylic acids is 1. The van der Waals surface area contributed by atoms with Crippen LogP contribution < -0.4 is 5.32 Å². The number of pyridine rings is 1. The second kappa shape index (κ2) is 5.87. The van der Waals surface area contributed by atoms with Gasteiger partial charge in [-0.25, -0.2) is 4.39 Å². The Bertz CT molecular complexity index is 647. The lowest BCUT2D eigenvalue weighted by Crippen LogP contribution is -2.24. The van der Waals surface area contributed by atoms with Crippen LogP contribution >= 0.6 is 0 Å². The van der Waals surface area contributed by atoms with Gasteiger partial charge in [0.05, 0.1) is 10.5 Å². The van der Waals surface area contributed by atoms with Crippen LogP contribution in [0.25, 0.3) is 0 Å². The summed E-state index contributed by atoms with van der Waals surface area (Å²) in [5.41, 5.74) is 0.105. The SMILES string of the molecule is O=C(NCc1ccncc1)c1cc([N+](=O)[O-])ccc1F. The fourth-order valence-corrected chi connectivity index (χ4v) is 1.58. The predicted octanol–water partition coefficient (Wildman–Crippen LogP) is 2.06. The van der Waals surface area contributed by atoms with Crippen molar-refractivity contribution in [2.24, 2.45) is 0 Å². The summed E-state index contributed by atoms with van der Waals surface area (Å²) in [6, 6.07) is 6.22. The fourth-order valence-electron chi connectivity index (χ4n) is 1.58. The molecule has 7 heteroatoms. The molecule has 1 heterocycles. The van der Waals surface area contributed by atoms with Crippen molar-refractivity contribution in [3.05, 3.63) is 69.8 Å². The Morgan fingerprint density at radius 1 is 1.30 bits per heavy atom. The van der Waals surface area contributed by atoms with Crippen LogP contribution in [0.15, 0.2) is 42.7 Å². The molecule has 2 rings (SSSR count). The molecule has 102 valence electrons. The van der Waals surface area contributed by atoms with Crippen molar-refractivity contribution in [1.82, 2.24) is 10.3 Å². The third kappa shape index (κ3) is 3.14. The van der Waals surface area contributed by atoms with Crippen LogP contribution in [-0.4, -0.2) is 15.8 Å². The molecule has 0 bridgehead atoms. The zero-order chi connectivity index (χ0) is 14.5. The Morgan fingerprint density at radius 2 is 2.00 bits per heavy atom. The fraction of sp³-hybridized carbons (Fsp3) is 0.0769. The molecule has 0 radical (unpaired) electrons. The van der Waals surface area contributed by atoms with Crippen molar-refractivity contribution in [2.75, 3.05) is 0 Å². The van der Waals surface area contributed by atoms with E-state index in [-0.39, 0.29) is 17.8 Å². The topological polar surface area (TPSA) is 85.1 Å². The average Bonchev–Trinajstić information content (AvgIpc) is 2.46. The number of halogens is 1. The lowest BCUT2D eigenvalue weighted by Gasteiger charge is -2.06. The highest BCUT2D eigenvalue weighted by Crippen LogP contribution is 2.16. The molecule has 0 aliphatic heterocycles. The van der Waals surface area contributed by atoms with E-state index in [1.54, 1.807) is 24.5 Å². The molecule has 0 spiro atoms. The molecule has 0 saturated heterocycles. The molecule has 0 saturated carbocycles. The van der Waals surface area contributed by atoms with E-state index < -0.39 is 16.6 Å². The molecule has 1 aromatic heterocycles. The highest BCUT2D eigenvalue weighted by Gasteiger charge is 2.16. The summed E-state index contributed by atoms with van der Waals surface area (Å²) < 4.78 is 13.5. The van der Waals surface area contributed by atoms with Crippen molar-refractivity contribution >= 4 is 11.6 Å². The van der Waals surface area contributed by atoms with Gasteiger partial charge in [0.2, 0.25) is 0 Å². The van der Waals surface area contributed by atoms with E-state index >= 15 is 0 Å². The summed E-state index contributed by atoms with van der Waals surface area (Å²) in [4.78, 5) is 25.6. The number of aromatic nitrogens is 1. The molecule has 0 fully saturated rings. The molecule has 20 heavy (non-hydrogen) atoms. The number of nitro benzene ring substituents is 1. The Kier molecular flexibility index (Phi) is 3.99. The van der Waals surface area contributed by atoms with Crippen molar-refractivity contribution in [3.63, 3.8) is 0 Å². The summed E-state index contributed by atoms with van der Waals surface area (Å²) >= 11 is 0. The van der Waals surface area contributed by atoms with Crippen molar-refractivity contribution < 1.29 is 14.1 Å². The van der Waals surface area contributed by atoms with E-state index in [2.05, 4.69) is 10.3 Å². The summed E-state index contributed by atoms with van der Waals surface area (Å²) in [6.45, 7) is 0.184. The van der Waals surface area contributed by atoms with Crippen molar-refractivity contribution in [2.45, 2.75) is 6.54 Å². The molecular formula is C13H10FN3O3. The number of rotatable bonds is 4. The average molecular weight is 275 g/mol. The van der Waals surface area contributed by atoms with Crippen LogP contribution in [0, 0.1) is 15.9 Å². The van der Waals surface area contributed by atoms with E-state index in [9.17, 15) is 19.3 Å². The minimum absolute atomic E-state index is 0.184. The number of carbonyl (C=O) groups is 1.